The highest BCUT2D eigenvalue weighted by Gasteiger charge is 2.46. The van der Waals surface area contributed by atoms with E-state index in [1.807, 2.05) is 0 Å². The molecular formula is C58H43N3. The molecule has 0 radical (unpaired) electrons. The zero-order chi connectivity index (χ0) is 40.6. The molecule has 2 N–H and O–H groups in total. The topological polar surface area (TPSA) is 36.4 Å². The molecule has 0 saturated heterocycles. The van der Waals surface area contributed by atoms with Gasteiger partial charge in [0.05, 0.1) is 5.41 Å². The van der Waals surface area contributed by atoms with Crippen LogP contribution in [0.25, 0.3) is 44.5 Å². The Kier molecular flexibility index (Phi) is 9.30. The van der Waals surface area contributed by atoms with Crippen LogP contribution in [0.5, 0.6) is 0 Å². The number of amidine groups is 1. The molecule has 0 amide bonds. The number of benzene rings is 9. The molecule has 0 bridgehead atoms. The van der Waals surface area contributed by atoms with Crippen molar-refractivity contribution in [3.63, 3.8) is 0 Å². The minimum Gasteiger partial charge on any atom is -0.350 e. The first-order valence-electron chi connectivity index (χ1n) is 21.1. The first kappa shape index (κ1) is 36.5. The van der Waals surface area contributed by atoms with E-state index >= 15 is 0 Å². The third-order valence-corrected chi connectivity index (χ3v) is 12.5. The Morgan fingerprint density at radius 3 is 1.48 bits per heavy atom. The van der Waals surface area contributed by atoms with Gasteiger partial charge in [-0.2, -0.15) is 0 Å². The van der Waals surface area contributed by atoms with Gasteiger partial charge < -0.3 is 5.32 Å². The molecule has 2 aliphatic rings. The monoisotopic (exact) mass is 781 g/mol. The van der Waals surface area contributed by atoms with Gasteiger partial charge in [0.2, 0.25) is 0 Å². The summed E-state index contributed by atoms with van der Waals surface area (Å²) in [5, 5.41) is 7.66. The molecule has 0 fully saturated rings. The van der Waals surface area contributed by atoms with Crippen LogP contribution in [0, 0.1) is 0 Å². The molecule has 0 aromatic heterocycles. The quantitative estimate of drug-likeness (QED) is 0.161. The summed E-state index contributed by atoms with van der Waals surface area (Å²) >= 11 is 0. The first-order valence-corrected chi connectivity index (χ1v) is 21.1. The second-order valence-electron chi connectivity index (χ2n) is 15.9. The average Bonchev–Trinajstić information content (AvgIpc) is 3.66. The number of fused-ring (bicyclic) bond motifs is 3. The summed E-state index contributed by atoms with van der Waals surface area (Å²) in [6, 6.07) is 85.5. The van der Waals surface area contributed by atoms with Gasteiger partial charge in [-0.25, -0.2) is 4.99 Å². The first-order chi connectivity index (χ1) is 30.2. The van der Waals surface area contributed by atoms with Crippen molar-refractivity contribution < 1.29 is 0 Å². The van der Waals surface area contributed by atoms with Gasteiger partial charge in [-0.05, 0) is 90.0 Å². The van der Waals surface area contributed by atoms with Gasteiger partial charge in [0.1, 0.15) is 18.2 Å². The number of nitrogens with one attached hydrogen (secondary N) is 2. The van der Waals surface area contributed by atoms with Gasteiger partial charge in [0.25, 0.3) is 0 Å². The molecule has 11 rings (SSSR count). The van der Waals surface area contributed by atoms with Crippen LogP contribution in [-0.2, 0) is 5.41 Å². The maximum absolute atomic E-state index is 5.38. The lowest BCUT2D eigenvalue weighted by Crippen LogP contribution is -2.45. The number of nitrogens with zero attached hydrogens (tertiary/aromatic N) is 1. The minimum atomic E-state index is -0.447. The minimum absolute atomic E-state index is 0.181. The summed E-state index contributed by atoms with van der Waals surface area (Å²) in [7, 11) is 0. The smallest absolute Gasteiger partial charge is 0.131 e. The predicted octanol–water partition coefficient (Wildman–Crippen LogP) is 13.4. The number of hydrogen-bond acceptors (Lipinski definition) is 3. The molecule has 1 heterocycles. The van der Waals surface area contributed by atoms with Crippen LogP contribution in [0.4, 0.5) is 0 Å². The van der Waals surface area contributed by atoms with Crippen molar-refractivity contribution in [2.75, 3.05) is 0 Å². The molecule has 61 heavy (non-hydrogen) atoms. The number of rotatable bonds is 8. The molecule has 2 unspecified atom stereocenters. The highest BCUT2D eigenvalue weighted by Crippen LogP contribution is 2.58. The van der Waals surface area contributed by atoms with Crippen molar-refractivity contribution in [1.82, 2.24) is 10.6 Å². The van der Waals surface area contributed by atoms with Gasteiger partial charge in [0.15, 0.2) is 0 Å². The molecule has 0 spiro atoms. The number of hydrogen-bond donors (Lipinski definition) is 2. The lowest BCUT2D eigenvalue weighted by Gasteiger charge is -2.34. The van der Waals surface area contributed by atoms with Crippen molar-refractivity contribution in [3.8, 4) is 44.5 Å². The molecule has 3 heteroatoms. The normalized spacial score (nSPS) is 16.2. The molecule has 9 aromatic carbocycles. The van der Waals surface area contributed by atoms with Gasteiger partial charge in [-0.3, -0.25) is 5.32 Å². The second kappa shape index (κ2) is 15.5. The third-order valence-electron chi connectivity index (χ3n) is 12.5. The highest BCUT2D eigenvalue weighted by molar-refractivity contribution is 6.01. The average molecular weight is 782 g/mol. The van der Waals surface area contributed by atoms with Crippen LogP contribution >= 0.6 is 0 Å². The number of aliphatic imine (C=N–C) groups is 1. The maximum Gasteiger partial charge on any atom is 0.131 e. The Balaban J connectivity index is 1.00. The Hall–Kier alpha value is -7.59. The van der Waals surface area contributed by atoms with E-state index in [0.717, 1.165) is 22.5 Å². The molecule has 1 aliphatic carbocycles. The van der Waals surface area contributed by atoms with Crippen molar-refractivity contribution in [2.45, 2.75) is 17.7 Å². The summed E-state index contributed by atoms with van der Waals surface area (Å²) in [6.45, 7) is 0. The summed E-state index contributed by atoms with van der Waals surface area (Å²) < 4.78 is 0. The zero-order valence-electron chi connectivity index (χ0n) is 33.6. The van der Waals surface area contributed by atoms with Crippen molar-refractivity contribution in [2.24, 2.45) is 4.99 Å². The van der Waals surface area contributed by atoms with Crippen molar-refractivity contribution >= 4 is 5.84 Å². The van der Waals surface area contributed by atoms with E-state index in [2.05, 4.69) is 247 Å². The van der Waals surface area contributed by atoms with E-state index in [1.54, 1.807) is 0 Å². The molecule has 0 saturated carbocycles. The van der Waals surface area contributed by atoms with Crippen LogP contribution in [0.3, 0.4) is 0 Å². The fraction of sp³-hybridized carbons (Fsp3) is 0.0517. The maximum atomic E-state index is 5.38. The van der Waals surface area contributed by atoms with Crippen LogP contribution in [0.15, 0.2) is 242 Å². The largest absolute Gasteiger partial charge is 0.350 e. The predicted molar refractivity (Wildman–Crippen MR) is 251 cm³/mol. The summed E-state index contributed by atoms with van der Waals surface area (Å²) in [6.07, 6.45) is -0.456. The van der Waals surface area contributed by atoms with Crippen molar-refractivity contribution in [1.29, 1.82) is 0 Å². The van der Waals surface area contributed by atoms with Gasteiger partial charge in [-0.15, -0.1) is 0 Å². The van der Waals surface area contributed by atoms with Crippen molar-refractivity contribution in [3.05, 3.63) is 276 Å². The Bertz CT molecular complexity index is 2970. The Labute approximate surface area is 357 Å². The van der Waals surface area contributed by atoms with Gasteiger partial charge in [-0.1, -0.05) is 224 Å². The summed E-state index contributed by atoms with van der Waals surface area (Å²) in [4.78, 5) is 5.38. The fourth-order valence-corrected chi connectivity index (χ4v) is 9.64. The lowest BCUT2D eigenvalue weighted by molar-refractivity contribution is 0.409. The molecule has 1 aliphatic heterocycles. The van der Waals surface area contributed by atoms with Crippen LogP contribution in [0.1, 0.15) is 51.3 Å². The molecule has 9 aromatic rings. The highest BCUT2D eigenvalue weighted by atomic mass is 15.3. The third kappa shape index (κ3) is 6.48. The fourth-order valence-electron chi connectivity index (χ4n) is 9.64. The lowest BCUT2D eigenvalue weighted by atomic mass is 9.67. The molecule has 290 valence electrons. The van der Waals surface area contributed by atoms with Gasteiger partial charge in [0, 0.05) is 5.56 Å². The Morgan fingerprint density at radius 1 is 0.361 bits per heavy atom. The summed E-state index contributed by atoms with van der Waals surface area (Å²) in [5.74, 6) is 0.853. The second-order valence-corrected chi connectivity index (χ2v) is 15.9. The van der Waals surface area contributed by atoms with E-state index in [1.165, 1.54) is 66.8 Å². The standard InChI is InChI=1S/C58H43N3/c1-5-18-40(19-6-1)44-22-15-24-46(38-44)56-59-55(60-57(61-56)47-25-16-23-45(39-47)41-20-7-2-8-21-41)43-36-34-42(35-37-43)50-31-17-33-53-54(50)51-30-13-14-32-52(51)58(53,48-26-9-3-10-27-48)49-28-11-4-12-29-49/h1-39,56-57,61H,(H,59,60). The van der Waals surface area contributed by atoms with Gasteiger partial charge >= 0.3 is 0 Å². The SMILES string of the molecule is c1ccc(-c2cccc(C3N=C(c4ccc(-c5cccc6c5-c5ccccc5C6(c5ccccc5)c5ccccc5)cc4)NC(c4cccc(-c5ccccc5)c4)N3)c2)cc1. The van der Waals surface area contributed by atoms with E-state index in [0.29, 0.717) is 0 Å². The van der Waals surface area contributed by atoms with E-state index in [4.69, 9.17) is 4.99 Å². The molecule has 2 atom stereocenters. The van der Waals surface area contributed by atoms with Crippen LogP contribution in [0.2, 0.25) is 0 Å². The van der Waals surface area contributed by atoms with E-state index in [-0.39, 0.29) is 12.3 Å². The molecular weight excluding hydrogens is 739 g/mol. The zero-order valence-corrected chi connectivity index (χ0v) is 33.6. The summed E-state index contributed by atoms with van der Waals surface area (Å²) in [5.41, 5.74) is 17.7. The Morgan fingerprint density at radius 2 is 0.836 bits per heavy atom. The van der Waals surface area contributed by atoms with Crippen LogP contribution < -0.4 is 10.6 Å². The van der Waals surface area contributed by atoms with Crippen LogP contribution in [-0.4, -0.2) is 5.84 Å². The van der Waals surface area contributed by atoms with E-state index < -0.39 is 5.41 Å². The molecule has 3 nitrogen and oxygen atoms in total. The van der Waals surface area contributed by atoms with E-state index in [9.17, 15) is 0 Å².